The number of carbonyl (C=O) groups is 1. The number of carbonyl (C=O) groups excluding carboxylic acids is 1. The van der Waals surface area contributed by atoms with E-state index >= 15 is 0 Å². The number of rotatable bonds is 11. The Labute approximate surface area is 174 Å². The number of anilines is 1. The molecular weight excluding hydrogens is 388 g/mol. The highest BCUT2D eigenvalue weighted by Crippen LogP contribution is 2.17. The molecule has 10 nitrogen and oxygen atoms in total. The second-order valence-corrected chi connectivity index (χ2v) is 6.39. The molecule has 1 N–H and O–H groups in total. The van der Waals surface area contributed by atoms with Gasteiger partial charge in [-0.25, -0.2) is 9.67 Å². The van der Waals surface area contributed by atoms with Crippen molar-refractivity contribution in [1.29, 1.82) is 0 Å². The lowest BCUT2D eigenvalue weighted by molar-refractivity contribution is -0.145. The average Bonchev–Trinajstić information content (AvgIpc) is 3.37. The molecule has 10 heteroatoms. The van der Waals surface area contributed by atoms with Crippen LogP contribution in [0.2, 0.25) is 0 Å². The molecule has 3 aromatic rings. The third-order valence-corrected chi connectivity index (χ3v) is 4.21. The second kappa shape index (κ2) is 10.5. The number of nitrogens with one attached hydrogen (secondary N) is 1. The van der Waals surface area contributed by atoms with Crippen molar-refractivity contribution < 1.29 is 19.0 Å². The molecule has 0 saturated carbocycles. The maximum absolute atomic E-state index is 12.4. The number of hydrogen-bond acceptors (Lipinski definition) is 7. The van der Waals surface area contributed by atoms with Gasteiger partial charge in [-0.3, -0.25) is 4.79 Å². The second-order valence-electron chi connectivity index (χ2n) is 6.39. The Bertz CT molecular complexity index is 931. The number of aryl methyl sites for hydroxylation is 1. The van der Waals surface area contributed by atoms with Crippen molar-refractivity contribution in [3.8, 4) is 5.75 Å². The van der Waals surface area contributed by atoms with E-state index in [0.29, 0.717) is 37.8 Å². The van der Waals surface area contributed by atoms with Crippen molar-refractivity contribution in [2.24, 2.45) is 7.05 Å². The van der Waals surface area contributed by atoms with Crippen LogP contribution in [0.25, 0.3) is 0 Å². The van der Waals surface area contributed by atoms with Gasteiger partial charge in [0.2, 0.25) is 0 Å². The molecule has 0 aliphatic carbocycles. The standard InChI is InChI=1S/C20H26N6O4/c1-4-28-19(29-5-2)13-26-12-17(23-24-26)20(27)22-15-6-8-16(9-7-15)30-14-18-21-10-11-25(18)3/h6-12,19H,4-5,13-14H2,1-3H3,(H,22,27). The summed E-state index contributed by atoms with van der Waals surface area (Å²) in [7, 11) is 1.91. The van der Waals surface area contributed by atoms with Gasteiger partial charge in [0.1, 0.15) is 18.2 Å². The Morgan fingerprint density at radius 2 is 1.90 bits per heavy atom. The fraction of sp³-hybridized carbons (Fsp3) is 0.400. The SMILES string of the molecule is CCOC(Cn1cc(C(=O)Nc2ccc(OCc3nccn3C)cc2)nn1)OCC. The monoisotopic (exact) mass is 414 g/mol. The number of imidazole rings is 1. The number of nitrogens with zero attached hydrogens (tertiary/aromatic N) is 5. The van der Waals surface area contributed by atoms with Gasteiger partial charge in [0.25, 0.3) is 5.91 Å². The lowest BCUT2D eigenvalue weighted by Gasteiger charge is -2.16. The molecule has 1 amide bonds. The number of ether oxygens (including phenoxy) is 3. The lowest BCUT2D eigenvalue weighted by Crippen LogP contribution is -2.24. The Morgan fingerprint density at radius 3 is 2.53 bits per heavy atom. The van der Waals surface area contributed by atoms with Crippen LogP contribution in [-0.2, 0) is 29.7 Å². The molecule has 0 aliphatic rings. The summed E-state index contributed by atoms with van der Waals surface area (Å²) in [4.78, 5) is 16.6. The van der Waals surface area contributed by atoms with E-state index in [-0.39, 0.29) is 11.6 Å². The summed E-state index contributed by atoms with van der Waals surface area (Å²) < 4.78 is 20.1. The van der Waals surface area contributed by atoms with E-state index in [2.05, 4.69) is 20.6 Å². The Morgan fingerprint density at radius 1 is 1.17 bits per heavy atom. The van der Waals surface area contributed by atoms with Gasteiger partial charge in [-0.15, -0.1) is 5.10 Å². The third kappa shape index (κ3) is 5.88. The van der Waals surface area contributed by atoms with Crippen LogP contribution in [0.1, 0.15) is 30.2 Å². The number of amides is 1. The third-order valence-electron chi connectivity index (χ3n) is 4.21. The molecule has 2 heterocycles. The molecule has 160 valence electrons. The zero-order valence-electron chi connectivity index (χ0n) is 17.3. The zero-order chi connectivity index (χ0) is 21.3. The molecule has 30 heavy (non-hydrogen) atoms. The molecule has 2 aromatic heterocycles. The molecule has 0 bridgehead atoms. The molecular formula is C20H26N6O4. The van der Waals surface area contributed by atoms with Gasteiger partial charge in [-0.05, 0) is 38.1 Å². The topological polar surface area (TPSA) is 105 Å². The molecule has 0 atom stereocenters. The van der Waals surface area contributed by atoms with E-state index < -0.39 is 6.29 Å². The van der Waals surface area contributed by atoms with Crippen LogP contribution < -0.4 is 10.1 Å². The van der Waals surface area contributed by atoms with Crippen LogP contribution >= 0.6 is 0 Å². The van der Waals surface area contributed by atoms with Crippen LogP contribution in [-0.4, -0.2) is 50.0 Å². The highest BCUT2D eigenvalue weighted by molar-refractivity contribution is 6.02. The maximum atomic E-state index is 12.4. The zero-order valence-corrected chi connectivity index (χ0v) is 17.3. The summed E-state index contributed by atoms with van der Waals surface area (Å²) in [5.41, 5.74) is 0.831. The van der Waals surface area contributed by atoms with Gasteiger partial charge in [0.15, 0.2) is 12.0 Å². The van der Waals surface area contributed by atoms with Gasteiger partial charge < -0.3 is 24.1 Å². The Kier molecular flexibility index (Phi) is 7.52. The molecule has 0 aliphatic heterocycles. The van der Waals surface area contributed by atoms with Crippen molar-refractivity contribution in [3.05, 3.63) is 54.4 Å². The minimum Gasteiger partial charge on any atom is -0.486 e. The molecule has 0 unspecified atom stereocenters. The molecule has 0 spiro atoms. The smallest absolute Gasteiger partial charge is 0.277 e. The quantitative estimate of drug-likeness (QED) is 0.480. The van der Waals surface area contributed by atoms with Gasteiger partial charge >= 0.3 is 0 Å². The van der Waals surface area contributed by atoms with Gasteiger partial charge in [-0.1, -0.05) is 5.21 Å². The summed E-state index contributed by atoms with van der Waals surface area (Å²) in [5.74, 6) is 1.15. The molecule has 3 rings (SSSR count). The number of benzene rings is 1. The molecule has 0 fully saturated rings. The largest absolute Gasteiger partial charge is 0.486 e. The summed E-state index contributed by atoms with van der Waals surface area (Å²) in [6.45, 7) is 5.54. The highest BCUT2D eigenvalue weighted by Gasteiger charge is 2.15. The first-order valence-electron chi connectivity index (χ1n) is 9.72. The summed E-state index contributed by atoms with van der Waals surface area (Å²) >= 11 is 0. The maximum Gasteiger partial charge on any atom is 0.277 e. The van der Waals surface area contributed by atoms with Crippen molar-refractivity contribution in [3.63, 3.8) is 0 Å². The van der Waals surface area contributed by atoms with Crippen LogP contribution in [0.15, 0.2) is 42.9 Å². The van der Waals surface area contributed by atoms with Crippen molar-refractivity contribution in [1.82, 2.24) is 24.5 Å². The van der Waals surface area contributed by atoms with E-state index in [4.69, 9.17) is 14.2 Å². The molecule has 0 radical (unpaired) electrons. The Hall–Kier alpha value is -3.24. The van der Waals surface area contributed by atoms with Crippen LogP contribution in [0.3, 0.4) is 0 Å². The first kappa shape index (κ1) is 21.5. The summed E-state index contributed by atoms with van der Waals surface area (Å²) in [6, 6.07) is 7.08. The predicted octanol–water partition coefficient (Wildman–Crippen LogP) is 2.24. The highest BCUT2D eigenvalue weighted by atomic mass is 16.7. The first-order chi connectivity index (χ1) is 14.6. The average molecular weight is 414 g/mol. The van der Waals surface area contributed by atoms with Crippen LogP contribution in [0, 0.1) is 0 Å². The van der Waals surface area contributed by atoms with Gasteiger partial charge in [-0.2, -0.15) is 0 Å². The van der Waals surface area contributed by atoms with Crippen LogP contribution in [0.4, 0.5) is 5.69 Å². The fourth-order valence-corrected chi connectivity index (χ4v) is 2.68. The van der Waals surface area contributed by atoms with E-state index in [9.17, 15) is 4.79 Å². The number of hydrogen-bond donors (Lipinski definition) is 1. The fourth-order valence-electron chi connectivity index (χ4n) is 2.68. The van der Waals surface area contributed by atoms with E-state index in [0.717, 1.165) is 5.82 Å². The van der Waals surface area contributed by atoms with Gasteiger partial charge in [0, 0.05) is 38.3 Å². The van der Waals surface area contributed by atoms with Gasteiger partial charge in [0.05, 0.1) is 12.7 Å². The molecule has 0 saturated heterocycles. The van der Waals surface area contributed by atoms with Crippen molar-refractivity contribution >= 4 is 11.6 Å². The minimum atomic E-state index is -0.434. The summed E-state index contributed by atoms with van der Waals surface area (Å²) in [5, 5.41) is 10.7. The lowest BCUT2D eigenvalue weighted by atomic mass is 10.3. The predicted molar refractivity (Wildman–Crippen MR) is 109 cm³/mol. The van der Waals surface area contributed by atoms with E-state index in [1.807, 2.05) is 31.7 Å². The Balaban J connectivity index is 1.53. The minimum absolute atomic E-state index is 0.205. The first-order valence-corrected chi connectivity index (χ1v) is 9.72. The van der Waals surface area contributed by atoms with Crippen molar-refractivity contribution in [2.75, 3.05) is 18.5 Å². The van der Waals surface area contributed by atoms with Crippen molar-refractivity contribution in [2.45, 2.75) is 33.3 Å². The van der Waals surface area contributed by atoms with Crippen LogP contribution in [0.5, 0.6) is 5.75 Å². The number of aromatic nitrogens is 5. The van der Waals surface area contributed by atoms with E-state index in [1.54, 1.807) is 36.7 Å². The van der Waals surface area contributed by atoms with E-state index in [1.165, 1.54) is 4.68 Å². The molecule has 1 aromatic carbocycles. The summed E-state index contributed by atoms with van der Waals surface area (Å²) in [6.07, 6.45) is 4.71. The normalized spacial score (nSPS) is 11.1.